The van der Waals surface area contributed by atoms with Gasteiger partial charge in [-0.1, -0.05) is 57.8 Å². The van der Waals surface area contributed by atoms with Crippen molar-refractivity contribution in [3.05, 3.63) is 0 Å². The lowest BCUT2D eigenvalue weighted by Gasteiger charge is -2.40. The van der Waals surface area contributed by atoms with Crippen LogP contribution in [0.3, 0.4) is 0 Å². The van der Waals surface area contributed by atoms with Crippen LogP contribution >= 0.6 is 0 Å². The van der Waals surface area contributed by atoms with E-state index in [2.05, 4.69) is 0 Å². The minimum Gasteiger partial charge on any atom is -0.0528 e. The van der Waals surface area contributed by atoms with E-state index in [0.29, 0.717) is 0 Å². The van der Waals surface area contributed by atoms with Gasteiger partial charge in [-0.05, 0) is 41.9 Å². The average Bonchev–Trinajstić information content (AvgIpc) is 2.57. The molecule has 4 saturated carbocycles. The van der Waals surface area contributed by atoms with E-state index >= 15 is 0 Å². The zero-order valence-corrected chi connectivity index (χ0v) is 10.5. The van der Waals surface area contributed by atoms with Crippen molar-refractivity contribution in [2.24, 2.45) is 35.5 Å². The van der Waals surface area contributed by atoms with Crippen LogP contribution in [-0.2, 0) is 0 Å². The molecular weight excluding hydrogens is 192 g/mol. The fourth-order valence-electron chi connectivity index (χ4n) is 6.34. The monoisotopic (exact) mass is 218 g/mol. The summed E-state index contributed by atoms with van der Waals surface area (Å²) in [6.45, 7) is 0. The molecule has 0 saturated heterocycles. The van der Waals surface area contributed by atoms with E-state index in [0.717, 1.165) is 11.8 Å². The van der Waals surface area contributed by atoms with Gasteiger partial charge in [0, 0.05) is 0 Å². The summed E-state index contributed by atoms with van der Waals surface area (Å²) in [4.78, 5) is 0. The lowest BCUT2D eigenvalue weighted by atomic mass is 9.65. The smallest absolute Gasteiger partial charge is 0.0324 e. The molecule has 0 heterocycles. The Morgan fingerprint density at radius 1 is 0.438 bits per heavy atom. The van der Waals surface area contributed by atoms with Gasteiger partial charge in [-0.15, -0.1) is 0 Å². The normalized spacial score (nSPS) is 55.5. The Morgan fingerprint density at radius 2 is 0.812 bits per heavy atom. The SMILES string of the molecule is C1CC2CCCC3CC4CCCC(C1)C4C23. The van der Waals surface area contributed by atoms with Crippen LogP contribution < -0.4 is 0 Å². The molecule has 4 aliphatic carbocycles. The van der Waals surface area contributed by atoms with E-state index in [4.69, 9.17) is 0 Å². The van der Waals surface area contributed by atoms with Gasteiger partial charge in [-0.25, -0.2) is 0 Å². The minimum absolute atomic E-state index is 1.16. The minimum atomic E-state index is 1.16. The highest BCUT2D eigenvalue weighted by atomic mass is 14.6. The molecule has 0 bridgehead atoms. The first-order chi connectivity index (χ1) is 7.93. The molecule has 6 atom stereocenters. The molecule has 0 spiro atoms. The quantitative estimate of drug-likeness (QED) is 0.555. The predicted octanol–water partition coefficient (Wildman–Crippen LogP) is 4.64. The third-order valence-electron chi connectivity index (χ3n) is 6.68. The highest BCUT2D eigenvalue weighted by Gasteiger charge is 2.52. The van der Waals surface area contributed by atoms with Crippen LogP contribution in [-0.4, -0.2) is 0 Å². The zero-order chi connectivity index (χ0) is 10.5. The van der Waals surface area contributed by atoms with E-state index < -0.39 is 0 Å². The molecule has 4 rings (SSSR count). The molecule has 0 aromatic carbocycles. The van der Waals surface area contributed by atoms with Gasteiger partial charge >= 0.3 is 0 Å². The molecule has 0 radical (unpaired) electrons. The molecule has 0 nitrogen and oxygen atoms in total. The Hall–Kier alpha value is 0. The van der Waals surface area contributed by atoms with Gasteiger partial charge in [0.2, 0.25) is 0 Å². The molecule has 0 aliphatic heterocycles. The summed E-state index contributed by atoms with van der Waals surface area (Å²) in [6, 6.07) is 0. The van der Waals surface area contributed by atoms with Crippen LogP contribution in [0.1, 0.15) is 64.2 Å². The second-order valence-corrected chi connectivity index (χ2v) is 7.22. The Balaban J connectivity index is 1.70. The van der Waals surface area contributed by atoms with Gasteiger partial charge in [-0.2, -0.15) is 0 Å². The maximum atomic E-state index is 1.64. The van der Waals surface area contributed by atoms with Crippen molar-refractivity contribution < 1.29 is 0 Å². The number of hydrogen-bond acceptors (Lipinski definition) is 0. The summed E-state index contributed by atoms with van der Waals surface area (Å²) in [5.41, 5.74) is 0. The fraction of sp³-hybridized carbons (Fsp3) is 1.00. The first kappa shape index (κ1) is 9.97. The van der Waals surface area contributed by atoms with Gasteiger partial charge in [0.1, 0.15) is 0 Å². The second-order valence-electron chi connectivity index (χ2n) is 7.22. The van der Waals surface area contributed by atoms with Crippen molar-refractivity contribution in [1.29, 1.82) is 0 Å². The molecule has 0 heteroatoms. The Morgan fingerprint density at radius 3 is 1.25 bits per heavy atom. The third-order valence-corrected chi connectivity index (χ3v) is 6.68. The van der Waals surface area contributed by atoms with Crippen molar-refractivity contribution in [3.8, 4) is 0 Å². The molecule has 6 unspecified atom stereocenters. The van der Waals surface area contributed by atoms with Gasteiger partial charge in [0.05, 0.1) is 0 Å². The van der Waals surface area contributed by atoms with E-state index in [1.54, 1.807) is 64.2 Å². The summed E-state index contributed by atoms with van der Waals surface area (Å²) >= 11 is 0. The molecule has 16 heavy (non-hydrogen) atoms. The molecule has 0 aromatic heterocycles. The Bertz CT molecular complexity index is 243. The molecule has 4 fully saturated rings. The molecule has 90 valence electrons. The molecule has 0 N–H and O–H groups in total. The highest BCUT2D eigenvalue weighted by molar-refractivity contribution is 5.01. The van der Waals surface area contributed by atoms with Crippen molar-refractivity contribution in [1.82, 2.24) is 0 Å². The first-order valence-corrected chi connectivity index (χ1v) is 7.93. The lowest BCUT2D eigenvalue weighted by Crippen LogP contribution is -2.33. The van der Waals surface area contributed by atoms with Crippen LogP contribution in [0.4, 0.5) is 0 Å². The van der Waals surface area contributed by atoms with Gasteiger partial charge in [-0.3, -0.25) is 0 Å². The molecular formula is C16H26. The van der Waals surface area contributed by atoms with Crippen molar-refractivity contribution in [2.75, 3.05) is 0 Å². The summed E-state index contributed by atoms with van der Waals surface area (Å²) < 4.78 is 0. The standard InChI is InChI=1S/C16H26/c1-4-11-6-2-8-13-10-14-9-3-7-12(5-1)16(14)15(11)13/h11-16H,1-10H2. The number of hydrogen-bond donors (Lipinski definition) is 0. The van der Waals surface area contributed by atoms with Crippen molar-refractivity contribution >= 4 is 0 Å². The summed E-state index contributed by atoms with van der Waals surface area (Å²) in [6.07, 6.45) is 15.9. The van der Waals surface area contributed by atoms with Crippen LogP contribution in [0.25, 0.3) is 0 Å². The summed E-state index contributed by atoms with van der Waals surface area (Å²) in [5.74, 6) is 7.08. The van der Waals surface area contributed by atoms with E-state index in [9.17, 15) is 0 Å². The predicted molar refractivity (Wildman–Crippen MR) is 67.1 cm³/mol. The van der Waals surface area contributed by atoms with Crippen LogP contribution in [0.15, 0.2) is 0 Å². The van der Waals surface area contributed by atoms with Crippen molar-refractivity contribution in [2.45, 2.75) is 64.2 Å². The van der Waals surface area contributed by atoms with E-state index in [1.165, 1.54) is 23.7 Å². The highest BCUT2D eigenvalue weighted by Crippen LogP contribution is 2.60. The molecule has 0 amide bonds. The van der Waals surface area contributed by atoms with E-state index in [-0.39, 0.29) is 0 Å². The van der Waals surface area contributed by atoms with Gasteiger partial charge in [0.25, 0.3) is 0 Å². The Kier molecular flexibility index (Phi) is 2.34. The van der Waals surface area contributed by atoms with Crippen molar-refractivity contribution in [3.63, 3.8) is 0 Å². The largest absolute Gasteiger partial charge is 0.0528 e. The van der Waals surface area contributed by atoms with Crippen LogP contribution in [0.2, 0.25) is 0 Å². The fourth-order valence-corrected chi connectivity index (χ4v) is 6.34. The summed E-state index contributed by atoms with van der Waals surface area (Å²) in [5, 5.41) is 0. The molecule has 4 aliphatic rings. The van der Waals surface area contributed by atoms with Gasteiger partial charge in [0.15, 0.2) is 0 Å². The number of rotatable bonds is 0. The molecule has 0 aromatic rings. The average molecular weight is 218 g/mol. The van der Waals surface area contributed by atoms with Crippen LogP contribution in [0.5, 0.6) is 0 Å². The summed E-state index contributed by atoms with van der Waals surface area (Å²) in [7, 11) is 0. The zero-order valence-electron chi connectivity index (χ0n) is 10.5. The third kappa shape index (κ3) is 1.34. The van der Waals surface area contributed by atoms with Crippen LogP contribution in [0, 0.1) is 35.5 Å². The topological polar surface area (TPSA) is 0 Å². The second kappa shape index (κ2) is 3.75. The maximum absolute atomic E-state index is 1.64. The van der Waals surface area contributed by atoms with Gasteiger partial charge < -0.3 is 0 Å². The van der Waals surface area contributed by atoms with E-state index in [1.807, 2.05) is 0 Å². The Labute approximate surface area is 100 Å². The first-order valence-electron chi connectivity index (χ1n) is 7.93. The lowest BCUT2D eigenvalue weighted by molar-refractivity contribution is 0.0879. The maximum Gasteiger partial charge on any atom is -0.0324 e.